The highest BCUT2D eigenvalue weighted by molar-refractivity contribution is 7.89. The van der Waals surface area contributed by atoms with Crippen LogP contribution in [0.25, 0.3) is 0 Å². The lowest BCUT2D eigenvalue weighted by molar-refractivity contribution is 0.00776. The molecule has 1 fully saturated rings. The predicted molar refractivity (Wildman–Crippen MR) is 89.2 cm³/mol. The lowest BCUT2D eigenvalue weighted by atomic mass is 10.0. The van der Waals surface area contributed by atoms with Gasteiger partial charge in [-0.05, 0) is 12.8 Å². The summed E-state index contributed by atoms with van der Waals surface area (Å²) >= 11 is 6.08. The summed E-state index contributed by atoms with van der Waals surface area (Å²) in [6, 6.07) is 0.115. The van der Waals surface area contributed by atoms with Gasteiger partial charge in [0.2, 0.25) is 10.0 Å². The minimum absolute atomic E-state index is 0.0613. The quantitative estimate of drug-likeness (QED) is 0.815. The number of morpholine rings is 1. The van der Waals surface area contributed by atoms with Crippen molar-refractivity contribution in [3.63, 3.8) is 0 Å². The Morgan fingerprint density at radius 2 is 1.96 bits per heavy atom. The standard InChI is InChI=1S/C14H25ClN4O3S/c1-10(2)12(19-5-7-22-8-6-19)9-16-23(20,21)13-11(3)17-18(4)14(13)15/h10,12,16H,5-9H2,1-4H3. The Morgan fingerprint density at radius 3 is 2.43 bits per heavy atom. The number of halogens is 1. The molecule has 9 heteroatoms. The number of nitrogens with one attached hydrogen (secondary N) is 1. The maximum absolute atomic E-state index is 12.6. The molecule has 1 unspecified atom stereocenters. The van der Waals surface area contributed by atoms with Gasteiger partial charge in [0.1, 0.15) is 10.0 Å². The smallest absolute Gasteiger partial charge is 0.245 e. The zero-order chi connectivity index (χ0) is 17.2. The Balaban J connectivity index is 2.13. The van der Waals surface area contributed by atoms with Gasteiger partial charge in [0, 0.05) is 32.7 Å². The largest absolute Gasteiger partial charge is 0.379 e. The number of ether oxygens (including phenoxy) is 1. The first-order valence-electron chi connectivity index (χ1n) is 7.74. The molecule has 1 aromatic heterocycles. The highest BCUT2D eigenvalue weighted by atomic mass is 35.5. The van der Waals surface area contributed by atoms with Crippen LogP contribution in [-0.2, 0) is 21.8 Å². The van der Waals surface area contributed by atoms with E-state index in [0.29, 0.717) is 31.4 Å². The van der Waals surface area contributed by atoms with Crippen molar-refractivity contribution in [3.05, 3.63) is 10.8 Å². The molecule has 0 saturated carbocycles. The van der Waals surface area contributed by atoms with Crippen LogP contribution >= 0.6 is 11.6 Å². The first kappa shape index (κ1) is 18.7. The molecule has 1 atom stereocenters. The number of nitrogens with zero attached hydrogens (tertiary/aromatic N) is 3. The van der Waals surface area contributed by atoms with Crippen molar-refractivity contribution in [2.45, 2.75) is 31.7 Å². The predicted octanol–water partition coefficient (Wildman–Crippen LogP) is 1.02. The van der Waals surface area contributed by atoms with Crippen LogP contribution in [0.15, 0.2) is 4.90 Å². The maximum Gasteiger partial charge on any atom is 0.245 e. The van der Waals surface area contributed by atoms with Gasteiger partial charge in [0.25, 0.3) is 0 Å². The highest BCUT2D eigenvalue weighted by Crippen LogP contribution is 2.24. The van der Waals surface area contributed by atoms with Crippen LogP contribution < -0.4 is 4.72 Å². The van der Waals surface area contributed by atoms with Crippen LogP contribution in [0.5, 0.6) is 0 Å². The zero-order valence-electron chi connectivity index (χ0n) is 14.0. The summed E-state index contributed by atoms with van der Waals surface area (Å²) in [5.74, 6) is 0.321. The third-order valence-electron chi connectivity index (χ3n) is 4.14. The summed E-state index contributed by atoms with van der Waals surface area (Å²) in [6.07, 6.45) is 0. The molecule has 1 aliphatic rings. The van der Waals surface area contributed by atoms with Crippen molar-refractivity contribution < 1.29 is 13.2 Å². The Morgan fingerprint density at radius 1 is 1.35 bits per heavy atom. The number of hydrogen-bond acceptors (Lipinski definition) is 5. The van der Waals surface area contributed by atoms with Crippen LogP contribution in [0.3, 0.4) is 0 Å². The number of hydrogen-bond donors (Lipinski definition) is 1. The molecular formula is C14H25ClN4O3S. The molecule has 0 aromatic carbocycles. The van der Waals surface area contributed by atoms with Crippen LogP contribution in [0.1, 0.15) is 19.5 Å². The first-order chi connectivity index (χ1) is 10.7. The molecule has 1 aliphatic heterocycles. The molecule has 0 aliphatic carbocycles. The molecule has 0 radical (unpaired) electrons. The van der Waals surface area contributed by atoms with E-state index in [1.807, 2.05) is 0 Å². The number of sulfonamides is 1. The SMILES string of the molecule is Cc1nn(C)c(Cl)c1S(=O)(=O)NCC(C(C)C)N1CCOCC1. The van der Waals surface area contributed by atoms with Gasteiger partial charge in [-0.25, -0.2) is 13.1 Å². The number of rotatable bonds is 6. The van der Waals surface area contributed by atoms with Crippen LogP contribution in [-0.4, -0.2) is 62.0 Å². The van der Waals surface area contributed by atoms with Crippen molar-refractivity contribution in [1.82, 2.24) is 19.4 Å². The van der Waals surface area contributed by atoms with E-state index in [4.69, 9.17) is 16.3 Å². The molecule has 1 aromatic rings. The molecular weight excluding hydrogens is 340 g/mol. The van der Waals surface area contributed by atoms with Crippen LogP contribution in [0.4, 0.5) is 0 Å². The van der Waals surface area contributed by atoms with Gasteiger partial charge in [0.05, 0.1) is 18.9 Å². The minimum Gasteiger partial charge on any atom is -0.379 e. The summed E-state index contributed by atoms with van der Waals surface area (Å²) in [5, 5.41) is 4.19. The fraction of sp³-hybridized carbons (Fsp3) is 0.786. The van der Waals surface area contributed by atoms with Gasteiger partial charge in [-0.2, -0.15) is 5.10 Å². The van der Waals surface area contributed by atoms with Crippen molar-refractivity contribution in [3.8, 4) is 0 Å². The molecule has 2 rings (SSSR count). The molecule has 0 spiro atoms. The monoisotopic (exact) mass is 364 g/mol. The van der Waals surface area contributed by atoms with Gasteiger partial charge in [-0.3, -0.25) is 9.58 Å². The second-order valence-electron chi connectivity index (χ2n) is 6.14. The lowest BCUT2D eigenvalue weighted by Gasteiger charge is -2.36. The van der Waals surface area contributed by atoms with E-state index in [0.717, 1.165) is 13.1 Å². The number of aryl methyl sites for hydroxylation is 2. The third kappa shape index (κ3) is 4.24. The van der Waals surface area contributed by atoms with Crippen molar-refractivity contribution in [1.29, 1.82) is 0 Å². The minimum atomic E-state index is -3.69. The highest BCUT2D eigenvalue weighted by Gasteiger charge is 2.29. The first-order valence-corrected chi connectivity index (χ1v) is 9.60. The Labute approximate surface area is 143 Å². The molecule has 1 N–H and O–H groups in total. The average molecular weight is 365 g/mol. The van der Waals surface area contributed by atoms with Crippen molar-refractivity contribution in [2.75, 3.05) is 32.8 Å². The summed E-state index contributed by atoms with van der Waals surface area (Å²) in [5.41, 5.74) is 0.400. The second kappa shape index (κ2) is 7.48. The molecule has 1 saturated heterocycles. The van der Waals surface area contributed by atoms with Gasteiger partial charge in [0.15, 0.2) is 0 Å². The normalized spacial score (nSPS) is 18.5. The van der Waals surface area contributed by atoms with E-state index in [2.05, 4.69) is 28.6 Å². The maximum atomic E-state index is 12.6. The van der Waals surface area contributed by atoms with Gasteiger partial charge in [-0.15, -0.1) is 0 Å². The topological polar surface area (TPSA) is 76.5 Å². The fourth-order valence-electron chi connectivity index (χ4n) is 2.88. The van der Waals surface area contributed by atoms with Crippen molar-refractivity contribution >= 4 is 21.6 Å². The number of aromatic nitrogens is 2. The summed E-state index contributed by atoms with van der Waals surface area (Å²) in [4.78, 5) is 2.33. The van der Waals surface area contributed by atoms with E-state index in [1.165, 1.54) is 4.68 Å². The zero-order valence-corrected chi connectivity index (χ0v) is 15.6. The summed E-state index contributed by atoms with van der Waals surface area (Å²) < 4.78 is 34.6. The fourth-order valence-corrected chi connectivity index (χ4v) is 4.68. The average Bonchev–Trinajstić information content (AvgIpc) is 2.73. The Kier molecular flexibility index (Phi) is 6.07. The van der Waals surface area contributed by atoms with Crippen molar-refractivity contribution in [2.24, 2.45) is 13.0 Å². The Bertz CT molecular complexity index is 639. The van der Waals surface area contributed by atoms with E-state index in [1.54, 1.807) is 14.0 Å². The van der Waals surface area contributed by atoms with E-state index < -0.39 is 10.0 Å². The van der Waals surface area contributed by atoms with Gasteiger partial charge in [-0.1, -0.05) is 25.4 Å². The Hall–Kier alpha value is -0.670. The summed E-state index contributed by atoms with van der Waals surface area (Å²) in [7, 11) is -2.07. The van der Waals surface area contributed by atoms with Gasteiger partial charge < -0.3 is 4.74 Å². The van der Waals surface area contributed by atoms with Crippen LogP contribution in [0, 0.1) is 12.8 Å². The van der Waals surface area contributed by atoms with Crippen LogP contribution in [0.2, 0.25) is 5.15 Å². The molecule has 0 bridgehead atoms. The third-order valence-corrected chi connectivity index (χ3v) is 6.25. The summed E-state index contributed by atoms with van der Waals surface area (Å²) in [6.45, 7) is 9.17. The molecule has 0 amide bonds. The van der Waals surface area contributed by atoms with Gasteiger partial charge >= 0.3 is 0 Å². The van der Waals surface area contributed by atoms with E-state index in [-0.39, 0.29) is 16.1 Å². The molecule has 2 heterocycles. The van der Waals surface area contributed by atoms with E-state index >= 15 is 0 Å². The molecule has 23 heavy (non-hydrogen) atoms. The molecule has 132 valence electrons. The second-order valence-corrected chi connectivity index (χ2v) is 8.20. The lowest BCUT2D eigenvalue weighted by Crippen LogP contribution is -2.51. The molecule has 7 nitrogen and oxygen atoms in total. The van der Waals surface area contributed by atoms with E-state index in [9.17, 15) is 8.42 Å².